The first-order chi connectivity index (χ1) is 4.77. The highest BCUT2D eigenvalue weighted by molar-refractivity contribution is 6.08. The minimum absolute atomic E-state index is 0.364. The van der Waals surface area contributed by atoms with Crippen molar-refractivity contribution >= 4 is 10.2 Å². The third kappa shape index (κ3) is 6.34. The first-order valence-corrected chi connectivity index (χ1v) is 4.94. The maximum absolute atomic E-state index is 12.5. The molecular formula is C6H12F4Si. The van der Waals surface area contributed by atoms with Crippen molar-refractivity contribution in [2.75, 3.05) is 0 Å². The largest absolute Gasteiger partial charge is 0.253 e. The molecule has 0 N–H and O–H groups in total. The minimum Gasteiger partial charge on any atom is -0.207 e. The van der Waals surface area contributed by atoms with Gasteiger partial charge in [0.25, 0.3) is 11.8 Å². The maximum Gasteiger partial charge on any atom is 0.253 e. The predicted molar refractivity (Wildman–Crippen MR) is 39.5 cm³/mol. The molecule has 0 bridgehead atoms. The van der Waals surface area contributed by atoms with E-state index in [1.165, 1.54) is 0 Å². The second-order valence-electron chi connectivity index (χ2n) is 2.85. The molecule has 0 saturated carbocycles. The molecule has 0 aromatic heterocycles. The van der Waals surface area contributed by atoms with Gasteiger partial charge in [0, 0.05) is 16.7 Å². The van der Waals surface area contributed by atoms with Crippen molar-refractivity contribution in [2.45, 2.75) is 37.7 Å². The van der Waals surface area contributed by atoms with E-state index in [0.717, 1.165) is 0 Å². The Labute approximate surface area is 66.4 Å². The summed E-state index contributed by atoms with van der Waals surface area (Å²) in [7, 11) is 0.636. The summed E-state index contributed by atoms with van der Waals surface area (Å²) >= 11 is 0. The van der Waals surface area contributed by atoms with Crippen LogP contribution in [0.1, 0.15) is 19.8 Å². The lowest BCUT2D eigenvalue weighted by molar-refractivity contribution is -0.102. The Bertz CT molecular complexity index is 118. The Morgan fingerprint density at radius 3 is 1.91 bits per heavy atom. The Morgan fingerprint density at radius 1 is 1.18 bits per heavy atom. The molecule has 0 aromatic rings. The Balaban J connectivity index is 3.91. The smallest absolute Gasteiger partial charge is 0.207 e. The van der Waals surface area contributed by atoms with Crippen LogP contribution in [0, 0.1) is 0 Å². The third-order valence-electron chi connectivity index (χ3n) is 1.18. The summed E-state index contributed by atoms with van der Waals surface area (Å²) in [6, 6.07) is 0.364. The van der Waals surface area contributed by atoms with E-state index in [0.29, 0.717) is 23.2 Å². The van der Waals surface area contributed by atoms with Gasteiger partial charge in [0.05, 0.1) is 6.42 Å². The number of alkyl halides is 4. The Kier molecular flexibility index (Phi) is 3.54. The molecule has 0 saturated heterocycles. The van der Waals surface area contributed by atoms with Crippen molar-refractivity contribution in [1.82, 2.24) is 0 Å². The Hall–Kier alpha value is -0.0631. The van der Waals surface area contributed by atoms with E-state index in [4.69, 9.17) is 0 Å². The van der Waals surface area contributed by atoms with Crippen molar-refractivity contribution in [3.05, 3.63) is 0 Å². The average Bonchev–Trinajstić information content (AvgIpc) is 1.55. The van der Waals surface area contributed by atoms with Crippen LogP contribution in [0.5, 0.6) is 0 Å². The summed E-state index contributed by atoms with van der Waals surface area (Å²) in [4.78, 5) is 0. The average molecular weight is 188 g/mol. The monoisotopic (exact) mass is 188 g/mol. The van der Waals surface area contributed by atoms with E-state index < -0.39 is 24.7 Å². The first-order valence-electron chi connectivity index (χ1n) is 3.52. The van der Waals surface area contributed by atoms with Gasteiger partial charge in [-0.05, 0) is 6.92 Å². The molecule has 0 aliphatic heterocycles. The van der Waals surface area contributed by atoms with Gasteiger partial charge in [0.2, 0.25) is 0 Å². The van der Waals surface area contributed by atoms with Gasteiger partial charge in [-0.2, -0.15) is 0 Å². The second kappa shape index (κ2) is 3.56. The lowest BCUT2D eigenvalue weighted by Crippen LogP contribution is -2.26. The summed E-state index contributed by atoms with van der Waals surface area (Å²) in [6.07, 6.45) is -1.72. The van der Waals surface area contributed by atoms with Crippen molar-refractivity contribution in [2.24, 2.45) is 0 Å². The first kappa shape index (κ1) is 10.9. The van der Waals surface area contributed by atoms with Crippen LogP contribution in [0.2, 0.25) is 6.04 Å². The van der Waals surface area contributed by atoms with Gasteiger partial charge in [-0.15, -0.1) is 0 Å². The molecule has 0 fully saturated rings. The van der Waals surface area contributed by atoms with E-state index in [2.05, 4.69) is 0 Å². The fourth-order valence-electron chi connectivity index (χ4n) is 0.908. The summed E-state index contributed by atoms with van der Waals surface area (Å²) in [5.41, 5.74) is 0. The Morgan fingerprint density at radius 2 is 1.64 bits per heavy atom. The highest BCUT2D eigenvalue weighted by Crippen LogP contribution is 2.32. The van der Waals surface area contributed by atoms with Gasteiger partial charge < -0.3 is 0 Å². The molecule has 0 aliphatic rings. The van der Waals surface area contributed by atoms with Crippen molar-refractivity contribution in [1.29, 1.82) is 0 Å². The standard InChI is InChI=1S/C6H12F4Si/c1-5(7,8)4-6(9,10)2-3-11/h2-4H2,1,11H3. The van der Waals surface area contributed by atoms with Crippen LogP contribution < -0.4 is 0 Å². The minimum atomic E-state index is -3.25. The van der Waals surface area contributed by atoms with Gasteiger partial charge >= 0.3 is 0 Å². The molecule has 68 valence electrons. The van der Waals surface area contributed by atoms with Crippen molar-refractivity contribution in [3.8, 4) is 0 Å². The quantitative estimate of drug-likeness (QED) is 0.466. The van der Waals surface area contributed by atoms with Crippen molar-refractivity contribution in [3.63, 3.8) is 0 Å². The van der Waals surface area contributed by atoms with E-state index in [1.54, 1.807) is 0 Å². The number of hydrogen-bond acceptors (Lipinski definition) is 0. The molecule has 0 amide bonds. The lowest BCUT2D eigenvalue weighted by Gasteiger charge is -2.19. The summed E-state index contributed by atoms with van der Waals surface area (Å²) in [5.74, 6) is -6.43. The molecule has 0 atom stereocenters. The highest BCUT2D eigenvalue weighted by Gasteiger charge is 2.38. The van der Waals surface area contributed by atoms with E-state index in [9.17, 15) is 17.6 Å². The molecule has 0 unspecified atom stereocenters. The highest BCUT2D eigenvalue weighted by atomic mass is 28.1. The zero-order valence-corrected chi connectivity index (χ0v) is 8.63. The number of halogens is 4. The van der Waals surface area contributed by atoms with Crippen LogP contribution in [0.25, 0.3) is 0 Å². The zero-order chi connectivity index (χ0) is 9.12. The summed E-state index contributed by atoms with van der Waals surface area (Å²) < 4.78 is 49.1. The predicted octanol–water partition coefficient (Wildman–Crippen LogP) is 1.84. The molecular weight excluding hydrogens is 176 g/mol. The molecule has 0 nitrogen and oxygen atoms in total. The van der Waals surface area contributed by atoms with Gasteiger partial charge in [-0.3, -0.25) is 0 Å². The van der Waals surface area contributed by atoms with Crippen LogP contribution in [-0.4, -0.2) is 22.1 Å². The fraction of sp³-hybridized carbons (Fsp3) is 1.00. The third-order valence-corrected chi connectivity index (χ3v) is 1.68. The van der Waals surface area contributed by atoms with Crippen LogP contribution in [0.15, 0.2) is 0 Å². The molecule has 5 heteroatoms. The molecule has 11 heavy (non-hydrogen) atoms. The van der Waals surface area contributed by atoms with Crippen LogP contribution in [-0.2, 0) is 0 Å². The van der Waals surface area contributed by atoms with Gasteiger partial charge in [-0.1, -0.05) is 6.04 Å². The van der Waals surface area contributed by atoms with E-state index in [1.807, 2.05) is 0 Å². The van der Waals surface area contributed by atoms with Crippen LogP contribution in [0.4, 0.5) is 17.6 Å². The summed E-state index contributed by atoms with van der Waals surface area (Å²) in [6.45, 7) is 0.522. The maximum atomic E-state index is 12.5. The van der Waals surface area contributed by atoms with E-state index in [-0.39, 0.29) is 0 Å². The molecule has 0 radical (unpaired) electrons. The zero-order valence-electron chi connectivity index (χ0n) is 6.63. The normalized spacial score (nSPS) is 13.9. The van der Waals surface area contributed by atoms with Crippen molar-refractivity contribution < 1.29 is 17.6 Å². The van der Waals surface area contributed by atoms with Gasteiger partial charge in [-0.25, -0.2) is 17.6 Å². The molecule has 0 rings (SSSR count). The number of rotatable bonds is 4. The molecule has 0 heterocycles. The molecule has 0 aromatic carbocycles. The van der Waals surface area contributed by atoms with Crippen LogP contribution >= 0.6 is 0 Å². The second-order valence-corrected chi connectivity index (χ2v) is 3.85. The topological polar surface area (TPSA) is 0 Å². The fourth-order valence-corrected chi connectivity index (χ4v) is 1.64. The summed E-state index contributed by atoms with van der Waals surface area (Å²) in [5, 5.41) is 0. The van der Waals surface area contributed by atoms with Gasteiger partial charge in [0.1, 0.15) is 0 Å². The number of hydrogen-bond donors (Lipinski definition) is 0. The SMILES string of the molecule is CC(F)(F)CC(F)(F)CC[SiH3]. The van der Waals surface area contributed by atoms with Gasteiger partial charge in [0.15, 0.2) is 0 Å². The lowest BCUT2D eigenvalue weighted by atomic mass is 10.1. The molecule has 0 spiro atoms. The van der Waals surface area contributed by atoms with E-state index >= 15 is 0 Å². The van der Waals surface area contributed by atoms with Crippen LogP contribution in [0.3, 0.4) is 0 Å². The molecule has 0 aliphatic carbocycles.